The Labute approximate surface area is 151 Å². The van der Waals surface area contributed by atoms with Crippen molar-refractivity contribution in [2.45, 2.75) is 19.6 Å². The lowest BCUT2D eigenvalue weighted by atomic mass is 10.1. The van der Waals surface area contributed by atoms with Crippen LogP contribution >= 0.6 is 0 Å². The summed E-state index contributed by atoms with van der Waals surface area (Å²) in [5.41, 5.74) is 0.729. The molecule has 0 bridgehead atoms. The van der Waals surface area contributed by atoms with Crippen molar-refractivity contribution >= 4 is 5.91 Å². The van der Waals surface area contributed by atoms with E-state index in [9.17, 15) is 9.18 Å². The van der Waals surface area contributed by atoms with Crippen LogP contribution in [0.15, 0.2) is 36.4 Å². The van der Waals surface area contributed by atoms with Gasteiger partial charge in [-0.05, 0) is 43.3 Å². The third-order valence-electron chi connectivity index (χ3n) is 3.73. The first-order valence-electron chi connectivity index (χ1n) is 7.98. The maximum atomic E-state index is 12.9. The molecule has 0 saturated carbocycles. The summed E-state index contributed by atoms with van der Waals surface area (Å²) in [6.45, 7) is 1.84. The molecule has 2 rings (SSSR count). The molecule has 0 fully saturated rings. The van der Waals surface area contributed by atoms with Crippen LogP contribution in [0.2, 0.25) is 0 Å². The fraction of sp³-hybridized carbons (Fsp3) is 0.316. The van der Waals surface area contributed by atoms with E-state index in [1.54, 1.807) is 19.1 Å². The molecule has 1 atom stereocenters. The molecular formula is C19H22FNO5. The number of benzene rings is 2. The molecular weight excluding hydrogens is 341 g/mol. The third kappa shape index (κ3) is 4.56. The van der Waals surface area contributed by atoms with Gasteiger partial charge in [0.25, 0.3) is 5.91 Å². The Morgan fingerprint density at radius 1 is 1.00 bits per heavy atom. The second-order valence-corrected chi connectivity index (χ2v) is 5.43. The topological polar surface area (TPSA) is 66.0 Å². The highest BCUT2D eigenvalue weighted by Crippen LogP contribution is 2.39. The summed E-state index contributed by atoms with van der Waals surface area (Å²) in [4.78, 5) is 12.3. The van der Waals surface area contributed by atoms with Crippen molar-refractivity contribution in [3.05, 3.63) is 47.8 Å². The molecule has 6 nitrogen and oxygen atoms in total. The van der Waals surface area contributed by atoms with Gasteiger partial charge in [-0.25, -0.2) is 4.39 Å². The van der Waals surface area contributed by atoms with Gasteiger partial charge >= 0.3 is 0 Å². The van der Waals surface area contributed by atoms with Crippen molar-refractivity contribution in [3.63, 3.8) is 0 Å². The van der Waals surface area contributed by atoms with Gasteiger partial charge in [0, 0.05) is 12.1 Å². The van der Waals surface area contributed by atoms with Gasteiger partial charge < -0.3 is 24.3 Å². The van der Waals surface area contributed by atoms with Gasteiger partial charge in [0.2, 0.25) is 5.75 Å². The van der Waals surface area contributed by atoms with Gasteiger partial charge in [-0.15, -0.1) is 0 Å². The standard InChI is InChI=1S/C19H22FNO5/c1-12(26-15-8-6-14(20)7-9-15)19(22)21-11-13-5-10-16(23-2)18(25-4)17(13)24-3/h5-10,12H,11H2,1-4H3,(H,21,22)/t12-/m1/s1. The fourth-order valence-electron chi connectivity index (χ4n) is 2.40. The van der Waals surface area contributed by atoms with E-state index in [1.165, 1.54) is 45.6 Å². The molecule has 7 heteroatoms. The second-order valence-electron chi connectivity index (χ2n) is 5.43. The molecule has 0 unspecified atom stereocenters. The summed E-state index contributed by atoms with van der Waals surface area (Å²) in [5, 5.41) is 2.78. The minimum absolute atomic E-state index is 0.222. The lowest BCUT2D eigenvalue weighted by molar-refractivity contribution is -0.127. The number of hydrogen-bond acceptors (Lipinski definition) is 5. The molecule has 0 aliphatic heterocycles. The highest BCUT2D eigenvalue weighted by atomic mass is 19.1. The van der Waals surface area contributed by atoms with Crippen LogP contribution in [0, 0.1) is 5.82 Å². The van der Waals surface area contributed by atoms with Gasteiger partial charge in [-0.1, -0.05) is 0 Å². The molecule has 140 valence electrons. The first-order valence-corrected chi connectivity index (χ1v) is 7.98. The Morgan fingerprint density at radius 3 is 2.23 bits per heavy atom. The van der Waals surface area contributed by atoms with Crippen molar-refractivity contribution in [2.24, 2.45) is 0 Å². The zero-order valence-corrected chi connectivity index (χ0v) is 15.2. The van der Waals surface area contributed by atoms with Gasteiger partial charge in [0.1, 0.15) is 11.6 Å². The quantitative estimate of drug-likeness (QED) is 0.781. The Bertz CT molecular complexity index is 748. The van der Waals surface area contributed by atoms with E-state index < -0.39 is 6.10 Å². The predicted octanol–water partition coefficient (Wildman–Crippen LogP) is 2.94. The van der Waals surface area contributed by atoms with Crippen LogP contribution in [0.5, 0.6) is 23.0 Å². The number of hydrogen-bond donors (Lipinski definition) is 1. The number of ether oxygens (including phenoxy) is 4. The van der Waals surface area contributed by atoms with Crippen LogP contribution in [-0.4, -0.2) is 33.3 Å². The van der Waals surface area contributed by atoms with E-state index in [0.717, 1.165) is 5.56 Å². The number of carbonyl (C=O) groups excluding carboxylic acids is 1. The van der Waals surface area contributed by atoms with Crippen molar-refractivity contribution < 1.29 is 28.1 Å². The second kappa shape index (κ2) is 8.94. The average Bonchev–Trinajstić information content (AvgIpc) is 2.66. The molecule has 2 aromatic rings. The van der Waals surface area contributed by atoms with Crippen molar-refractivity contribution in [3.8, 4) is 23.0 Å². The van der Waals surface area contributed by atoms with Crippen molar-refractivity contribution in [1.82, 2.24) is 5.32 Å². The summed E-state index contributed by atoms with van der Waals surface area (Å²) >= 11 is 0. The fourth-order valence-corrected chi connectivity index (χ4v) is 2.40. The number of halogens is 1. The lowest BCUT2D eigenvalue weighted by Crippen LogP contribution is -2.36. The first kappa shape index (κ1) is 19.4. The van der Waals surface area contributed by atoms with Crippen LogP contribution in [0.25, 0.3) is 0 Å². The molecule has 0 heterocycles. The Hall–Kier alpha value is -2.96. The number of carbonyl (C=O) groups is 1. The van der Waals surface area contributed by atoms with Gasteiger partial charge in [0.15, 0.2) is 17.6 Å². The monoisotopic (exact) mass is 363 g/mol. The smallest absolute Gasteiger partial charge is 0.261 e. The third-order valence-corrected chi connectivity index (χ3v) is 3.73. The number of methoxy groups -OCH3 is 3. The van der Waals surface area contributed by atoms with Crippen molar-refractivity contribution in [1.29, 1.82) is 0 Å². The first-order chi connectivity index (χ1) is 12.5. The van der Waals surface area contributed by atoms with E-state index in [-0.39, 0.29) is 18.3 Å². The van der Waals surface area contributed by atoms with Crippen LogP contribution in [0.1, 0.15) is 12.5 Å². The minimum atomic E-state index is -0.744. The summed E-state index contributed by atoms with van der Waals surface area (Å²) < 4.78 is 34.4. The zero-order valence-electron chi connectivity index (χ0n) is 15.2. The number of rotatable bonds is 8. The van der Waals surface area contributed by atoms with E-state index in [1.807, 2.05) is 0 Å². The Balaban J connectivity index is 2.03. The summed E-state index contributed by atoms with van der Waals surface area (Å²) in [5.74, 6) is 1.21. The molecule has 0 radical (unpaired) electrons. The Kier molecular flexibility index (Phi) is 6.66. The maximum absolute atomic E-state index is 12.9. The normalized spacial score (nSPS) is 11.4. The highest BCUT2D eigenvalue weighted by Gasteiger charge is 2.18. The summed E-state index contributed by atoms with van der Waals surface area (Å²) in [7, 11) is 4.57. The van der Waals surface area contributed by atoms with E-state index in [0.29, 0.717) is 23.0 Å². The average molecular weight is 363 g/mol. The summed E-state index contributed by atoms with van der Waals surface area (Å²) in [6, 6.07) is 9.00. The largest absolute Gasteiger partial charge is 0.493 e. The van der Waals surface area contributed by atoms with Crippen LogP contribution < -0.4 is 24.3 Å². The predicted molar refractivity (Wildman–Crippen MR) is 94.4 cm³/mol. The SMILES string of the molecule is COc1ccc(CNC(=O)[C@@H](C)Oc2ccc(F)cc2)c(OC)c1OC. The minimum Gasteiger partial charge on any atom is -0.493 e. The van der Waals surface area contributed by atoms with E-state index in [4.69, 9.17) is 18.9 Å². The molecule has 2 aromatic carbocycles. The van der Waals surface area contributed by atoms with Gasteiger partial charge in [-0.3, -0.25) is 4.79 Å². The zero-order chi connectivity index (χ0) is 19.1. The molecule has 0 aromatic heterocycles. The van der Waals surface area contributed by atoms with Gasteiger partial charge in [0.05, 0.1) is 21.3 Å². The van der Waals surface area contributed by atoms with Crippen LogP contribution in [-0.2, 0) is 11.3 Å². The van der Waals surface area contributed by atoms with E-state index in [2.05, 4.69) is 5.32 Å². The highest BCUT2D eigenvalue weighted by molar-refractivity contribution is 5.80. The molecule has 0 aliphatic rings. The van der Waals surface area contributed by atoms with E-state index >= 15 is 0 Å². The van der Waals surface area contributed by atoms with Gasteiger partial charge in [-0.2, -0.15) is 0 Å². The van der Waals surface area contributed by atoms with Crippen molar-refractivity contribution in [2.75, 3.05) is 21.3 Å². The Morgan fingerprint density at radius 2 is 1.65 bits per heavy atom. The maximum Gasteiger partial charge on any atom is 0.261 e. The molecule has 0 spiro atoms. The number of nitrogens with one attached hydrogen (secondary N) is 1. The molecule has 0 aliphatic carbocycles. The lowest BCUT2D eigenvalue weighted by Gasteiger charge is -2.18. The summed E-state index contributed by atoms with van der Waals surface area (Å²) in [6.07, 6.45) is -0.744. The van der Waals surface area contributed by atoms with Crippen LogP contribution in [0.3, 0.4) is 0 Å². The molecule has 1 N–H and O–H groups in total. The van der Waals surface area contributed by atoms with Crippen LogP contribution in [0.4, 0.5) is 4.39 Å². The molecule has 26 heavy (non-hydrogen) atoms. The molecule has 1 amide bonds. The molecule has 0 saturated heterocycles. The number of amides is 1.